The number of rotatable bonds is 5. The number of aromatic nitrogens is 1. The predicted octanol–water partition coefficient (Wildman–Crippen LogP) is 4.97. The van der Waals surface area contributed by atoms with Gasteiger partial charge in [0.05, 0.1) is 11.6 Å². The molecule has 0 aliphatic heterocycles. The highest BCUT2D eigenvalue weighted by molar-refractivity contribution is 5.78. The Morgan fingerprint density at radius 1 is 1.23 bits per heavy atom. The van der Waals surface area contributed by atoms with Crippen molar-refractivity contribution in [1.29, 1.82) is 0 Å². The quantitative estimate of drug-likeness (QED) is 0.454. The number of ether oxygens (including phenoxy) is 1. The van der Waals surface area contributed by atoms with E-state index in [1.807, 2.05) is 18.5 Å². The molecular formula is C22H19F3N2O3. The Morgan fingerprint density at radius 2 is 1.97 bits per heavy atom. The third-order valence-corrected chi connectivity index (χ3v) is 4.22. The van der Waals surface area contributed by atoms with E-state index in [4.69, 9.17) is 14.4 Å². The number of nitrogens with one attached hydrogen (secondary N) is 1. The molecule has 30 heavy (non-hydrogen) atoms. The molecule has 2 N–H and O–H groups in total. The highest BCUT2D eigenvalue weighted by Gasteiger charge is 2.30. The van der Waals surface area contributed by atoms with Crippen LogP contribution in [0.15, 0.2) is 53.5 Å². The van der Waals surface area contributed by atoms with Gasteiger partial charge in [-0.25, -0.2) is 4.98 Å². The maximum atomic E-state index is 13.0. The molecule has 1 aromatic heterocycles. The van der Waals surface area contributed by atoms with Crippen molar-refractivity contribution in [2.24, 2.45) is 0 Å². The molecule has 0 saturated heterocycles. The third kappa shape index (κ3) is 5.20. The molecule has 3 rings (SSSR count). The fraction of sp³-hybridized carbons (Fsp3) is 0.227. The summed E-state index contributed by atoms with van der Waals surface area (Å²) in [5.74, 6) is 6.27. The van der Waals surface area contributed by atoms with Crippen LogP contribution in [0.3, 0.4) is 0 Å². The number of benzene rings is 2. The summed E-state index contributed by atoms with van der Waals surface area (Å²) in [5, 5.41) is 9.01. The van der Waals surface area contributed by atoms with Gasteiger partial charge in [0, 0.05) is 11.1 Å². The summed E-state index contributed by atoms with van der Waals surface area (Å²) < 4.78 is 49.7. The van der Waals surface area contributed by atoms with Crippen LogP contribution in [0.2, 0.25) is 0 Å². The van der Waals surface area contributed by atoms with Crippen LogP contribution < -0.4 is 10.2 Å². The molecule has 8 heteroatoms. The molecule has 0 fully saturated rings. The van der Waals surface area contributed by atoms with Crippen LogP contribution in [0.5, 0.6) is 5.75 Å². The Labute approximate surface area is 171 Å². The summed E-state index contributed by atoms with van der Waals surface area (Å²) in [6, 6.07) is 7.91. The lowest BCUT2D eigenvalue weighted by atomic mass is 9.95. The fourth-order valence-corrected chi connectivity index (χ4v) is 2.77. The minimum absolute atomic E-state index is 0.120. The Bertz CT molecular complexity index is 1050. The summed E-state index contributed by atoms with van der Waals surface area (Å²) in [7, 11) is 0. The number of halogens is 3. The average molecular weight is 416 g/mol. The number of hydroxylamine groups is 1. The molecule has 156 valence electrons. The lowest BCUT2D eigenvalue weighted by molar-refractivity contribution is -0.137. The van der Waals surface area contributed by atoms with Gasteiger partial charge in [0.2, 0.25) is 0 Å². The molecule has 0 spiro atoms. The van der Waals surface area contributed by atoms with E-state index in [1.165, 1.54) is 24.8 Å². The van der Waals surface area contributed by atoms with Gasteiger partial charge < -0.3 is 14.4 Å². The highest BCUT2D eigenvalue weighted by atomic mass is 19.4. The molecule has 1 heterocycles. The number of nitrogens with zero attached hydrogens (tertiary/aromatic N) is 1. The van der Waals surface area contributed by atoms with Gasteiger partial charge in [-0.15, -0.1) is 0 Å². The molecule has 0 saturated carbocycles. The average Bonchev–Trinajstić information content (AvgIpc) is 3.23. The van der Waals surface area contributed by atoms with E-state index in [0.29, 0.717) is 28.1 Å². The van der Waals surface area contributed by atoms with Crippen molar-refractivity contribution < 1.29 is 27.5 Å². The van der Waals surface area contributed by atoms with Crippen LogP contribution in [0, 0.1) is 18.8 Å². The van der Waals surface area contributed by atoms with Crippen molar-refractivity contribution >= 4 is 0 Å². The van der Waals surface area contributed by atoms with Gasteiger partial charge in [0.15, 0.2) is 6.39 Å². The first kappa shape index (κ1) is 21.4. The maximum absolute atomic E-state index is 13.0. The second-order valence-corrected chi connectivity index (χ2v) is 6.65. The van der Waals surface area contributed by atoms with E-state index < -0.39 is 17.8 Å². The number of hydrogen-bond acceptors (Lipinski definition) is 5. The zero-order valence-electron chi connectivity index (χ0n) is 16.2. The van der Waals surface area contributed by atoms with Crippen LogP contribution in [-0.4, -0.2) is 16.2 Å². The number of oxazole rings is 1. The van der Waals surface area contributed by atoms with Crippen molar-refractivity contribution in [1.82, 2.24) is 10.5 Å². The molecule has 2 aromatic carbocycles. The SMILES string of the molecule is Cc1cc(C#CC(C)NO)c(-c2ccc(C(F)(F)F)cc2)c(OCc2cocn2)c1. The molecule has 0 aliphatic rings. The second-order valence-electron chi connectivity index (χ2n) is 6.65. The van der Waals surface area contributed by atoms with Gasteiger partial charge in [0.25, 0.3) is 0 Å². The van der Waals surface area contributed by atoms with Crippen LogP contribution >= 0.6 is 0 Å². The smallest absolute Gasteiger partial charge is 0.416 e. The van der Waals surface area contributed by atoms with Crippen molar-refractivity contribution in [3.05, 3.63) is 71.4 Å². The zero-order valence-corrected chi connectivity index (χ0v) is 16.2. The van der Waals surface area contributed by atoms with Gasteiger partial charge in [-0.3, -0.25) is 0 Å². The molecule has 0 bridgehead atoms. The summed E-state index contributed by atoms with van der Waals surface area (Å²) >= 11 is 0. The van der Waals surface area contributed by atoms with Crippen molar-refractivity contribution in [3.63, 3.8) is 0 Å². The van der Waals surface area contributed by atoms with E-state index in [1.54, 1.807) is 13.0 Å². The Hall–Kier alpha value is -3.28. The first-order chi connectivity index (χ1) is 14.3. The minimum Gasteiger partial charge on any atom is -0.486 e. The molecule has 0 amide bonds. The Morgan fingerprint density at radius 3 is 2.57 bits per heavy atom. The molecule has 1 atom stereocenters. The molecule has 3 aromatic rings. The third-order valence-electron chi connectivity index (χ3n) is 4.22. The zero-order chi connectivity index (χ0) is 21.7. The lowest BCUT2D eigenvalue weighted by Gasteiger charge is -2.15. The van der Waals surface area contributed by atoms with Crippen LogP contribution in [0.25, 0.3) is 11.1 Å². The largest absolute Gasteiger partial charge is 0.486 e. The van der Waals surface area contributed by atoms with E-state index in [0.717, 1.165) is 17.7 Å². The fourth-order valence-electron chi connectivity index (χ4n) is 2.77. The first-order valence-corrected chi connectivity index (χ1v) is 9.01. The topological polar surface area (TPSA) is 67.5 Å². The normalized spacial score (nSPS) is 12.2. The van der Waals surface area contributed by atoms with E-state index in [9.17, 15) is 13.2 Å². The Balaban J connectivity index is 2.08. The summed E-state index contributed by atoms with van der Waals surface area (Å²) in [4.78, 5) is 4.01. The van der Waals surface area contributed by atoms with E-state index in [-0.39, 0.29) is 6.61 Å². The maximum Gasteiger partial charge on any atom is 0.416 e. The van der Waals surface area contributed by atoms with Gasteiger partial charge in [-0.1, -0.05) is 24.0 Å². The summed E-state index contributed by atoms with van der Waals surface area (Å²) in [6.07, 6.45) is -1.70. The van der Waals surface area contributed by atoms with Gasteiger partial charge in [-0.05, 0) is 49.2 Å². The van der Waals surface area contributed by atoms with Crippen LogP contribution in [0.1, 0.15) is 29.3 Å². The minimum atomic E-state index is -4.43. The molecule has 5 nitrogen and oxygen atoms in total. The number of hydrogen-bond donors (Lipinski definition) is 2. The van der Waals surface area contributed by atoms with Gasteiger partial charge >= 0.3 is 6.18 Å². The molecule has 0 aliphatic carbocycles. The van der Waals surface area contributed by atoms with E-state index in [2.05, 4.69) is 16.8 Å². The second kappa shape index (κ2) is 9.03. The van der Waals surface area contributed by atoms with Gasteiger partial charge in [-0.2, -0.15) is 18.7 Å². The number of alkyl halides is 3. The van der Waals surface area contributed by atoms with Crippen molar-refractivity contribution in [2.45, 2.75) is 32.7 Å². The monoisotopic (exact) mass is 416 g/mol. The van der Waals surface area contributed by atoms with Crippen LogP contribution in [0.4, 0.5) is 13.2 Å². The first-order valence-electron chi connectivity index (χ1n) is 9.01. The predicted molar refractivity (Wildman–Crippen MR) is 104 cm³/mol. The van der Waals surface area contributed by atoms with Crippen molar-refractivity contribution in [3.8, 4) is 28.7 Å². The molecular weight excluding hydrogens is 397 g/mol. The molecule has 1 unspecified atom stereocenters. The lowest BCUT2D eigenvalue weighted by Crippen LogP contribution is -2.19. The van der Waals surface area contributed by atoms with E-state index >= 15 is 0 Å². The highest BCUT2D eigenvalue weighted by Crippen LogP contribution is 2.37. The summed E-state index contributed by atoms with van der Waals surface area (Å²) in [6.45, 7) is 3.65. The summed E-state index contributed by atoms with van der Waals surface area (Å²) in [5.41, 5.74) is 4.36. The number of aryl methyl sites for hydroxylation is 1. The molecule has 0 radical (unpaired) electrons. The van der Waals surface area contributed by atoms with Crippen LogP contribution in [-0.2, 0) is 12.8 Å². The van der Waals surface area contributed by atoms with Gasteiger partial charge in [0.1, 0.15) is 24.3 Å². The van der Waals surface area contributed by atoms with Crippen molar-refractivity contribution in [2.75, 3.05) is 0 Å². The Kier molecular flexibility index (Phi) is 6.45. The standard InChI is InChI=1S/C22H19F3N2O3/c1-14-9-17(4-3-15(2)27-28)21(16-5-7-18(8-6-16)22(23,24)25)20(10-14)30-12-19-11-29-13-26-19/h5-11,13,15,27-28H,12H2,1-2H3.